The number of aliphatic imine (C=N–C) groups is 1. The number of hydrogen-bond acceptors (Lipinski definition) is 3. The summed E-state index contributed by atoms with van der Waals surface area (Å²) in [6, 6.07) is 0. The highest BCUT2D eigenvalue weighted by Gasteiger charge is 2.16. The van der Waals surface area contributed by atoms with Gasteiger partial charge in [-0.3, -0.25) is 9.56 Å². The highest BCUT2D eigenvalue weighted by atomic mass is 127. The minimum Gasteiger partial charge on any atom is -0.356 e. The van der Waals surface area contributed by atoms with Gasteiger partial charge in [0, 0.05) is 39.6 Å². The molecule has 0 spiro atoms. The average Bonchev–Trinajstić information content (AvgIpc) is 3.32. The van der Waals surface area contributed by atoms with Crippen LogP contribution in [0.15, 0.2) is 9.79 Å². The van der Waals surface area contributed by atoms with Gasteiger partial charge in [-0.2, -0.15) is 5.10 Å². The van der Waals surface area contributed by atoms with E-state index in [0.29, 0.717) is 6.54 Å². The fraction of sp³-hybridized carbons (Fsp3) is 0.850. The molecule has 1 aromatic rings. The number of nitrogens with zero attached hydrogens (tertiary/aromatic N) is 4. The molecule has 1 aliphatic heterocycles. The summed E-state index contributed by atoms with van der Waals surface area (Å²) in [5.74, 6) is 2.79. The molecule has 0 unspecified atom stereocenters. The number of rotatable bonds is 9. The molecule has 1 aliphatic carbocycles. The van der Waals surface area contributed by atoms with E-state index in [9.17, 15) is 4.79 Å². The summed E-state index contributed by atoms with van der Waals surface area (Å²) in [7, 11) is 1.81. The van der Waals surface area contributed by atoms with Crippen LogP contribution in [0.25, 0.3) is 0 Å². The van der Waals surface area contributed by atoms with Gasteiger partial charge in [-0.15, -0.1) is 24.0 Å². The molecule has 8 heteroatoms. The monoisotopic (exact) mass is 504 g/mol. The number of halogens is 1. The zero-order valence-electron chi connectivity index (χ0n) is 17.3. The Morgan fingerprint density at radius 3 is 2.57 bits per heavy atom. The van der Waals surface area contributed by atoms with Crippen LogP contribution in [0, 0.1) is 5.92 Å². The molecule has 0 radical (unpaired) electrons. The van der Waals surface area contributed by atoms with Crippen molar-refractivity contribution in [2.24, 2.45) is 10.9 Å². The number of aryl methyl sites for hydroxylation is 2. The molecule has 7 nitrogen and oxygen atoms in total. The minimum atomic E-state index is 0. The van der Waals surface area contributed by atoms with E-state index in [0.717, 1.165) is 63.0 Å². The topological polar surface area (TPSA) is 76.2 Å². The summed E-state index contributed by atoms with van der Waals surface area (Å²) >= 11 is 0. The highest BCUT2D eigenvalue weighted by molar-refractivity contribution is 14.0. The van der Waals surface area contributed by atoms with Crippen LogP contribution in [0.5, 0.6) is 0 Å². The standard InChI is InChI=1S/C20H36N6O.HI/c1-21-19(22-13-6-4-11-17-9-2-3-10-17)23-14-8-16-26-20(27)25-15-7-5-12-18(25)24-26;/h17H,2-16H2,1H3,(H2,21,22,23);1H. The molecule has 0 aromatic carbocycles. The Hall–Kier alpha value is -1.06. The Bertz CT molecular complexity index is 662. The van der Waals surface area contributed by atoms with E-state index in [1.807, 2.05) is 11.6 Å². The lowest BCUT2D eigenvalue weighted by molar-refractivity contribution is 0.472. The largest absolute Gasteiger partial charge is 0.356 e. The second kappa shape index (κ2) is 12.5. The molecule has 0 amide bonds. The maximum Gasteiger partial charge on any atom is 0.345 e. The fourth-order valence-corrected chi connectivity index (χ4v) is 4.31. The van der Waals surface area contributed by atoms with Crippen molar-refractivity contribution in [2.45, 2.75) is 83.7 Å². The zero-order chi connectivity index (χ0) is 18.9. The van der Waals surface area contributed by atoms with Crippen LogP contribution >= 0.6 is 24.0 Å². The molecule has 160 valence electrons. The number of hydrogen-bond donors (Lipinski definition) is 2. The third-order valence-corrected chi connectivity index (χ3v) is 5.90. The van der Waals surface area contributed by atoms with Gasteiger partial charge in [-0.1, -0.05) is 38.5 Å². The van der Waals surface area contributed by atoms with Gasteiger partial charge in [0.2, 0.25) is 0 Å². The second-order valence-corrected chi connectivity index (χ2v) is 7.96. The Kier molecular flexibility index (Phi) is 10.4. The Balaban J connectivity index is 0.00000280. The SMILES string of the molecule is CN=C(NCCCCC1CCCC1)NCCCn1nc2n(c1=O)CCCC2.I. The van der Waals surface area contributed by atoms with Gasteiger partial charge in [0.15, 0.2) is 5.96 Å². The summed E-state index contributed by atoms with van der Waals surface area (Å²) < 4.78 is 3.46. The van der Waals surface area contributed by atoms with Crippen LogP contribution in [0.4, 0.5) is 0 Å². The first-order valence-corrected chi connectivity index (χ1v) is 10.9. The van der Waals surface area contributed by atoms with Crippen LogP contribution in [0.3, 0.4) is 0 Å². The van der Waals surface area contributed by atoms with Crippen LogP contribution in [0.2, 0.25) is 0 Å². The van der Waals surface area contributed by atoms with Gasteiger partial charge in [0.05, 0.1) is 0 Å². The molecule has 2 heterocycles. The third kappa shape index (κ3) is 6.77. The third-order valence-electron chi connectivity index (χ3n) is 5.90. The van der Waals surface area contributed by atoms with E-state index in [-0.39, 0.29) is 29.7 Å². The van der Waals surface area contributed by atoms with Crippen molar-refractivity contribution in [3.63, 3.8) is 0 Å². The molecule has 2 aliphatic rings. The maximum absolute atomic E-state index is 12.3. The normalized spacial score (nSPS) is 17.2. The van der Waals surface area contributed by atoms with E-state index in [1.54, 1.807) is 4.68 Å². The van der Waals surface area contributed by atoms with Crippen LogP contribution < -0.4 is 16.3 Å². The summed E-state index contributed by atoms with van der Waals surface area (Å²) in [5, 5.41) is 11.2. The lowest BCUT2D eigenvalue weighted by atomic mass is 10.0. The van der Waals surface area contributed by atoms with Gasteiger partial charge in [0.25, 0.3) is 0 Å². The molecule has 3 rings (SSSR count). The smallest absolute Gasteiger partial charge is 0.345 e. The highest BCUT2D eigenvalue weighted by Crippen LogP contribution is 2.28. The first kappa shape index (κ1) is 23.2. The minimum absolute atomic E-state index is 0. The van der Waals surface area contributed by atoms with E-state index in [4.69, 9.17) is 0 Å². The number of fused-ring (bicyclic) bond motifs is 1. The molecule has 1 fully saturated rings. The summed E-state index contributed by atoms with van der Waals surface area (Å²) in [6.07, 6.45) is 13.7. The molecule has 0 atom stereocenters. The average molecular weight is 504 g/mol. The van der Waals surface area contributed by atoms with Crippen molar-refractivity contribution in [2.75, 3.05) is 20.1 Å². The van der Waals surface area contributed by atoms with E-state index >= 15 is 0 Å². The van der Waals surface area contributed by atoms with E-state index in [2.05, 4.69) is 20.7 Å². The summed E-state index contributed by atoms with van der Waals surface area (Å²) in [6.45, 7) is 3.24. The Morgan fingerprint density at radius 1 is 1.11 bits per heavy atom. The lowest BCUT2D eigenvalue weighted by Crippen LogP contribution is -2.38. The zero-order valence-corrected chi connectivity index (χ0v) is 19.6. The van der Waals surface area contributed by atoms with Crippen LogP contribution in [-0.4, -0.2) is 40.4 Å². The molecule has 1 saturated carbocycles. The summed E-state index contributed by atoms with van der Waals surface area (Å²) in [4.78, 5) is 16.6. The maximum atomic E-state index is 12.3. The van der Waals surface area contributed by atoms with Crippen molar-refractivity contribution in [1.82, 2.24) is 25.0 Å². The van der Waals surface area contributed by atoms with Crippen molar-refractivity contribution in [1.29, 1.82) is 0 Å². The van der Waals surface area contributed by atoms with Crippen LogP contribution in [0.1, 0.15) is 70.0 Å². The van der Waals surface area contributed by atoms with Gasteiger partial charge in [-0.05, 0) is 31.6 Å². The number of unbranched alkanes of at least 4 members (excludes halogenated alkanes) is 1. The Labute approximate surface area is 185 Å². The first-order valence-electron chi connectivity index (χ1n) is 10.9. The lowest BCUT2D eigenvalue weighted by Gasteiger charge is -2.12. The van der Waals surface area contributed by atoms with Crippen LogP contribution in [-0.2, 0) is 19.5 Å². The number of aromatic nitrogens is 3. The van der Waals surface area contributed by atoms with Crippen molar-refractivity contribution in [3.05, 3.63) is 16.3 Å². The number of nitrogens with one attached hydrogen (secondary N) is 2. The van der Waals surface area contributed by atoms with Crippen molar-refractivity contribution >= 4 is 29.9 Å². The Morgan fingerprint density at radius 2 is 1.86 bits per heavy atom. The van der Waals surface area contributed by atoms with Crippen molar-refractivity contribution in [3.8, 4) is 0 Å². The molecule has 0 bridgehead atoms. The molecule has 0 saturated heterocycles. The predicted molar refractivity (Wildman–Crippen MR) is 125 cm³/mol. The molecule has 2 N–H and O–H groups in total. The van der Waals surface area contributed by atoms with E-state index in [1.165, 1.54) is 44.9 Å². The van der Waals surface area contributed by atoms with Gasteiger partial charge in [0.1, 0.15) is 5.82 Å². The quantitative estimate of drug-likeness (QED) is 0.235. The number of guanidine groups is 1. The van der Waals surface area contributed by atoms with Gasteiger partial charge >= 0.3 is 5.69 Å². The molecular weight excluding hydrogens is 467 g/mol. The molecular formula is C20H37IN6O. The van der Waals surface area contributed by atoms with Crippen molar-refractivity contribution < 1.29 is 0 Å². The second-order valence-electron chi connectivity index (χ2n) is 7.96. The fourth-order valence-electron chi connectivity index (χ4n) is 4.31. The van der Waals surface area contributed by atoms with E-state index < -0.39 is 0 Å². The first-order chi connectivity index (χ1) is 13.3. The predicted octanol–water partition coefficient (Wildman–Crippen LogP) is 2.91. The molecule has 1 aromatic heterocycles. The van der Waals surface area contributed by atoms with Gasteiger partial charge < -0.3 is 10.6 Å². The summed E-state index contributed by atoms with van der Waals surface area (Å²) in [5.41, 5.74) is 0.0504. The molecule has 28 heavy (non-hydrogen) atoms. The van der Waals surface area contributed by atoms with Gasteiger partial charge in [-0.25, -0.2) is 9.48 Å².